The second kappa shape index (κ2) is 6.58. The zero-order chi connectivity index (χ0) is 11.2. The Labute approximate surface area is 99.5 Å². The summed E-state index contributed by atoms with van der Waals surface area (Å²) in [6.07, 6.45) is 5.77. The molecule has 0 saturated carbocycles. The molecule has 0 aromatic heterocycles. The smallest absolute Gasteiger partial charge is 0.0599 e. The summed E-state index contributed by atoms with van der Waals surface area (Å²) in [6.45, 7) is 9.19. The minimum Gasteiger partial charge on any atom is -0.378 e. The molecule has 1 atom stereocenters. The van der Waals surface area contributed by atoms with E-state index in [0.29, 0.717) is 6.10 Å². The molecular weight excluding hydrogens is 200 g/mol. The van der Waals surface area contributed by atoms with Crippen LogP contribution in [0.25, 0.3) is 0 Å². The lowest BCUT2D eigenvalue weighted by Gasteiger charge is -2.35. The van der Waals surface area contributed by atoms with Gasteiger partial charge in [0.15, 0.2) is 0 Å². The molecule has 3 nitrogen and oxygen atoms in total. The fourth-order valence-electron chi connectivity index (χ4n) is 2.94. The summed E-state index contributed by atoms with van der Waals surface area (Å²) < 4.78 is 5.68. The van der Waals surface area contributed by atoms with Crippen LogP contribution in [0.15, 0.2) is 0 Å². The molecule has 2 aliphatic heterocycles. The highest BCUT2D eigenvalue weighted by Crippen LogP contribution is 2.17. The molecule has 3 heteroatoms. The first-order chi connectivity index (χ1) is 7.88. The number of rotatable bonds is 4. The Kier molecular flexibility index (Phi) is 5.07. The third-order valence-electron chi connectivity index (χ3n) is 3.85. The molecule has 2 rings (SSSR count). The highest BCUT2D eigenvalue weighted by atomic mass is 16.5. The molecular formula is C13H26N2O. The van der Waals surface area contributed by atoms with E-state index < -0.39 is 0 Å². The largest absolute Gasteiger partial charge is 0.378 e. The number of piperidine rings is 2. The van der Waals surface area contributed by atoms with Crippen LogP contribution in [-0.2, 0) is 4.74 Å². The van der Waals surface area contributed by atoms with E-state index in [0.717, 1.165) is 12.5 Å². The summed E-state index contributed by atoms with van der Waals surface area (Å²) in [5.41, 5.74) is 0. The van der Waals surface area contributed by atoms with Crippen molar-refractivity contribution in [2.24, 2.45) is 5.92 Å². The Bertz CT molecular complexity index is 184. The lowest BCUT2D eigenvalue weighted by molar-refractivity contribution is 0.0103. The molecule has 94 valence electrons. The van der Waals surface area contributed by atoms with Crippen molar-refractivity contribution in [1.82, 2.24) is 10.2 Å². The fraction of sp³-hybridized carbons (Fsp3) is 1.00. The Morgan fingerprint density at radius 1 is 1.25 bits per heavy atom. The molecule has 1 unspecified atom stereocenters. The SMILES string of the molecule is CCOC1CCN(CC2CCCNC2)CC1. The third-order valence-corrected chi connectivity index (χ3v) is 3.85. The predicted molar refractivity (Wildman–Crippen MR) is 66.7 cm³/mol. The van der Waals surface area contributed by atoms with Gasteiger partial charge in [-0.2, -0.15) is 0 Å². The lowest BCUT2D eigenvalue weighted by Crippen LogP contribution is -2.43. The first kappa shape index (κ1) is 12.3. The van der Waals surface area contributed by atoms with Gasteiger partial charge in [-0.05, 0) is 51.6 Å². The van der Waals surface area contributed by atoms with Crippen molar-refractivity contribution in [3.8, 4) is 0 Å². The van der Waals surface area contributed by atoms with Gasteiger partial charge in [0.1, 0.15) is 0 Å². The van der Waals surface area contributed by atoms with E-state index in [-0.39, 0.29) is 0 Å². The van der Waals surface area contributed by atoms with Gasteiger partial charge in [-0.25, -0.2) is 0 Å². The van der Waals surface area contributed by atoms with Gasteiger partial charge in [0.05, 0.1) is 6.10 Å². The van der Waals surface area contributed by atoms with Gasteiger partial charge in [0, 0.05) is 26.2 Å². The second-order valence-electron chi connectivity index (χ2n) is 5.17. The van der Waals surface area contributed by atoms with E-state index in [1.807, 2.05) is 0 Å². The normalized spacial score (nSPS) is 29.4. The average molecular weight is 226 g/mol. The van der Waals surface area contributed by atoms with Crippen LogP contribution in [0.4, 0.5) is 0 Å². The Hall–Kier alpha value is -0.120. The van der Waals surface area contributed by atoms with E-state index in [2.05, 4.69) is 17.1 Å². The van der Waals surface area contributed by atoms with E-state index in [9.17, 15) is 0 Å². The van der Waals surface area contributed by atoms with Gasteiger partial charge in [-0.15, -0.1) is 0 Å². The summed E-state index contributed by atoms with van der Waals surface area (Å²) in [7, 11) is 0. The van der Waals surface area contributed by atoms with Crippen molar-refractivity contribution >= 4 is 0 Å². The van der Waals surface area contributed by atoms with Crippen molar-refractivity contribution in [3.63, 3.8) is 0 Å². The van der Waals surface area contributed by atoms with E-state index >= 15 is 0 Å². The summed E-state index contributed by atoms with van der Waals surface area (Å²) in [5.74, 6) is 0.886. The van der Waals surface area contributed by atoms with Crippen LogP contribution in [0.1, 0.15) is 32.6 Å². The van der Waals surface area contributed by atoms with Crippen molar-refractivity contribution in [1.29, 1.82) is 0 Å². The standard InChI is InChI=1S/C13H26N2O/c1-2-16-13-5-8-15(9-6-13)11-12-4-3-7-14-10-12/h12-14H,2-11H2,1H3. The van der Waals surface area contributed by atoms with Crippen LogP contribution < -0.4 is 5.32 Å². The molecule has 2 aliphatic rings. The molecule has 0 bridgehead atoms. The first-order valence-corrected chi connectivity index (χ1v) is 6.93. The molecule has 0 amide bonds. The zero-order valence-corrected chi connectivity index (χ0v) is 10.6. The van der Waals surface area contributed by atoms with Crippen molar-refractivity contribution in [3.05, 3.63) is 0 Å². The van der Waals surface area contributed by atoms with Crippen LogP contribution >= 0.6 is 0 Å². The summed E-state index contributed by atoms with van der Waals surface area (Å²) in [4.78, 5) is 2.63. The molecule has 1 N–H and O–H groups in total. The first-order valence-electron chi connectivity index (χ1n) is 6.93. The van der Waals surface area contributed by atoms with Gasteiger partial charge < -0.3 is 15.0 Å². The molecule has 2 fully saturated rings. The molecule has 0 aromatic rings. The van der Waals surface area contributed by atoms with E-state index in [4.69, 9.17) is 4.74 Å². The Balaban J connectivity index is 1.64. The van der Waals surface area contributed by atoms with Crippen molar-refractivity contribution in [2.75, 3.05) is 39.3 Å². The van der Waals surface area contributed by atoms with E-state index in [1.54, 1.807) is 0 Å². The molecule has 2 heterocycles. The molecule has 0 aromatic carbocycles. The number of nitrogens with one attached hydrogen (secondary N) is 1. The van der Waals surface area contributed by atoms with Crippen molar-refractivity contribution in [2.45, 2.75) is 38.7 Å². The molecule has 0 aliphatic carbocycles. The maximum atomic E-state index is 5.68. The molecule has 2 saturated heterocycles. The number of likely N-dealkylation sites (tertiary alicyclic amines) is 1. The van der Waals surface area contributed by atoms with Gasteiger partial charge >= 0.3 is 0 Å². The second-order valence-corrected chi connectivity index (χ2v) is 5.17. The quantitative estimate of drug-likeness (QED) is 0.786. The van der Waals surface area contributed by atoms with Crippen LogP contribution in [0.3, 0.4) is 0 Å². The van der Waals surface area contributed by atoms with Crippen LogP contribution in [-0.4, -0.2) is 50.3 Å². The fourth-order valence-corrected chi connectivity index (χ4v) is 2.94. The summed E-state index contributed by atoms with van der Waals surface area (Å²) >= 11 is 0. The summed E-state index contributed by atoms with van der Waals surface area (Å²) in [5, 5.41) is 3.50. The van der Waals surface area contributed by atoms with Gasteiger partial charge in [0.2, 0.25) is 0 Å². The maximum absolute atomic E-state index is 5.68. The van der Waals surface area contributed by atoms with Gasteiger partial charge in [-0.3, -0.25) is 0 Å². The van der Waals surface area contributed by atoms with Crippen molar-refractivity contribution < 1.29 is 4.74 Å². The highest BCUT2D eigenvalue weighted by molar-refractivity contribution is 4.77. The summed E-state index contributed by atoms with van der Waals surface area (Å²) in [6, 6.07) is 0. The monoisotopic (exact) mass is 226 g/mol. The Morgan fingerprint density at radius 2 is 2.06 bits per heavy atom. The number of hydrogen-bond acceptors (Lipinski definition) is 3. The Morgan fingerprint density at radius 3 is 2.69 bits per heavy atom. The van der Waals surface area contributed by atoms with E-state index in [1.165, 1.54) is 58.4 Å². The molecule has 16 heavy (non-hydrogen) atoms. The number of hydrogen-bond donors (Lipinski definition) is 1. The predicted octanol–water partition coefficient (Wildman–Crippen LogP) is 1.49. The average Bonchev–Trinajstić information content (AvgIpc) is 2.33. The number of ether oxygens (including phenoxy) is 1. The molecule has 0 radical (unpaired) electrons. The van der Waals surface area contributed by atoms with Crippen LogP contribution in [0, 0.1) is 5.92 Å². The topological polar surface area (TPSA) is 24.5 Å². The maximum Gasteiger partial charge on any atom is 0.0599 e. The van der Waals surface area contributed by atoms with Gasteiger partial charge in [-0.1, -0.05) is 0 Å². The minimum atomic E-state index is 0.533. The van der Waals surface area contributed by atoms with Gasteiger partial charge in [0.25, 0.3) is 0 Å². The minimum absolute atomic E-state index is 0.533. The lowest BCUT2D eigenvalue weighted by atomic mass is 9.97. The zero-order valence-electron chi connectivity index (χ0n) is 10.6. The molecule has 0 spiro atoms. The highest BCUT2D eigenvalue weighted by Gasteiger charge is 2.22. The van der Waals surface area contributed by atoms with Crippen LogP contribution in [0.5, 0.6) is 0 Å². The van der Waals surface area contributed by atoms with Crippen LogP contribution in [0.2, 0.25) is 0 Å². The third kappa shape index (κ3) is 3.72. The number of nitrogens with zero attached hydrogens (tertiary/aromatic N) is 1.